The number of aryl methyl sites for hydroxylation is 1. The van der Waals surface area contributed by atoms with Crippen LogP contribution >= 0.6 is 11.6 Å². The summed E-state index contributed by atoms with van der Waals surface area (Å²) in [6, 6.07) is 16.7. The van der Waals surface area contributed by atoms with Crippen LogP contribution < -0.4 is 20.4 Å². The van der Waals surface area contributed by atoms with E-state index in [9.17, 15) is 5.26 Å². The van der Waals surface area contributed by atoms with Crippen LogP contribution in [0.3, 0.4) is 0 Å². The second-order valence-electron chi connectivity index (χ2n) is 14.1. The van der Waals surface area contributed by atoms with E-state index in [1.807, 2.05) is 63.5 Å². The number of aromatic nitrogens is 6. The van der Waals surface area contributed by atoms with E-state index in [-0.39, 0.29) is 17.5 Å². The van der Waals surface area contributed by atoms with Gasteiger partial charge in [0, 0.05) is 43.4 Å². The van der Waals surface area contributed by atoms with Gasteiger partial charge < -0.3 is 29.9 Å². The summed E-state index contributed by atoms with van der Waals surface area (Å²) in [7, 11) is 0. The summed E-state index contributed by atoms with van der Waals surface area (Å²) >= 11 is 6.80. The van der Waals surface area contributed by atoms with E-state index < -0.39 is 11.9 Å². The molecule has 2 N–H and O–H groups in total. The summed E-state index contributed by atoms with van der Waals surface area (Å²) in [6.45, 7) is 11.4. The van der Waals surface area contributed by atoms with Crippen LogP contribution in [0.2, 0.25) is 5.02 Å². The largest absolute Gasteiger partial charge is 0.378 e. The summed E-state index contributed by atoms with van der Waals surface area (Å²) in [6.07, 6.45) is 3.79. The van der Waals surface area contributed by atoms with Gasteiger partial charge in [-0.3, -0.25) is 9.97 Å². The maximum Gasteiger partial charge on any atom is 0.158 e. The fourth-order valence-corrected chi connectivity index (χ4v) is 7.60. The summed E-state index contributed by atoms with van der Waals surface area (Å²) in [5.74, 6) is 0.530. The molecule has 2 fully saturated rings. The molecular weight excluding hydrogens is 733 g/mol. The van der Waals surface area contributed by atoms with Crippen LogP contribution in [0.25, 0.3) is 21.8 Å². The first kappa shape index (κ1) is 37.2. The highest BCUT2D eigenvalue weighted by molar-refractivity contribution is 6.31. The van der Waals surface area contributed by atoms with Crippen molar-refractivity contribution in [2.75, 3.05) is 73.0 Å². The molecule has 0 bridgehead atoms. The standard InChI is InChI=1S/C41H41ClFN11O2/c1-24(28-6-4-5-27(17-28)21-44)47-41-34-20-31(54-11-15-56-16-12-54)23-46-39(34)35(50-52-41)18-29-7-8-32(36(42)37(29)43)25(2)48-40-33-19-30(53-9-13-55-14-10-53)22-45-38(33)26(3)49-51-40/h4-8,17,19-20,22-25H,9-16,18H2,1-3H3,(H,47,52)(H,48,51)/t24-,25-/m1/s1. The van der Waals surface area contributed by atoms with Crippen LogP contribution in [0.5, 0.6) is 0 Å². The van der Waals surface area contributed by atoms with Gasteiger partial charge in [0.2, 0.25) is 0 Å². The van der Waals surface area contributed by atoms with Gasteiger partial charge in [0.1, 0.15) is 5.82 Å². The van der Waals surface area contributed by atoms with Gasteiger partial charge >= 0.3 is 0 Å². The molecule has 8 rings (SSSR count). The summed E-state index contributed by atoms with van der Waals surface area (Å²) < 4.78 is 27.4. The molecule has 6 heterocycles. The predicted octanol–water partition coefficient (Wildman–Crippen LogP) is 6.95. The number of morpholine rings is 2. The normalized spacial score (nSPS) is 15.8. The predicted molar refractivity (Wildman–Crippen MR) is 215 cm³/mol. The molecule has 2 saturated heterocycles. The minimum atomic E-state index is -0.540. The number of nitrogens with zero attached hydrogens (tertiary/aromatic N) is 9. The summed E-state index contributed by atoms with van der Waals surface area (Å²) in [5, 5.41) is 35.9. The topological polar surface area (TPSA) is 150 Å². The number of halogens is 2. The van der Waals surface area contributed by atoms with E-state index in [4.69, 9.17) is 31.0 Å². The minimum Gasteiger partial charge on any atom is -0.378 e. The molecular formula is C41H41ClFN11O2. The van der Waals surface area contributed by atoms with Gasteiger partial charge in [-0.05, 0) is 61.7 Å². The van der Waals surface area contributed by atoms with Crippen LogP contribution in [-0.4, -0.2) is 83.0 Å². The Morgan fingerprint density at radius 1 is 0.804 bits per heavy atom. The SMILES string of the molecule is Cc1nnc(N[C@H](C)c2ccc(Cc3nnc(N[C@H](C)c4cccc(C#N)c4)c4cc(N5CCOCC5)cnc34)c(F)c2Cl)c2cc(N3CCOCC3)cnc12. The van der Waals surface area contributed by atoms with Crippen molar-refractivity contribution in [3.8, 4) is 6.07 Å². The third-order valence-corrected chi connectivity index (χ3v) is 10.8. The van der Waals surface area contributed by atoms with Crippen molar-refractivity contribution in [3.05, 3.63) is 105 Å². The lowest BCUT2D eigenvalue weighted by Crippen LogP contribution is -2.36. The molecule has 13 nitrogen and oxygen atoms in total. The molecule has 2 aliphatic rings. The molecule has 2 aliphatic heterocycles. The van der Waals surface area contributed by atoms with Crippen LogP contribution in [0.4, 0.5) is 27.4 Å². The number of rotatable bonds is 10. The highest BCUT2D eigenvalue weighted by atomic mass is 35.5. The average molecular weight is 774 g/mol. The van der Waals surface area contributed by atoms with Crippen molar-refractivity contribution >= 4 is 56.4 Å². The second-order valence-corrected chi connectivity index (χ2v) is 14.5. The molecule has 0 radical (unpaired) electrons. The second kappa shape index (κ2) is 16.2. The van der Waals surface area contributed by atoms with E-state index in [2.05, 4.69) is 53.0 Å². The lowest BCUT2D eigenvalue weighted by molar-refractivity contribution is 0.122. The van der Waals surface area contributed by atoms with E-state index in [1.54, 1.807) is 12.1 Å². The third kappa shape index (κ3) is 7.58. The Morgan fingerprint density at radius 3 is 2.07 bits per heavy atom. The van der Waals surface area contributed by atoms with Gasteiger partial charge in [-0.25, -0.2) is 4.39 Å². The number of nitriles is 1. The summed E-state index contributed by atoms with van der Waals surface area (Å²) in [5.41, 5.74) is 6.90. The monoisotopic (exact) mass is 773 g/mol. The first-order chi connectivity index (χ1) is 27.3. The average Bonchev–Trinajstić information content (AvgIpc) is 3.24. The number of benzene rings is 2. The highest BCUT2D eigenvalue weighted by Crippen LogP contribution is 2.35. The van der Waals surface area contributed by atoms with Crippen molar-refractivity contribution in [2.24, 2.45) is 0 Å². The Bertz CT molecular complexity index is 2450. The maximum atomic E-state index is 16.3. The Hall–Kier alpha value is -5.75. The number of pyridine rings is 2. The number of fused-ring (bicyclic) bond motifs is 2. The van der Waals surface area contributed by atoms with E-state index in [0.29, 0.717) is 71.7 Å². The zero-order valence-corrected chi connectivity index (χ0v) is 32.1. The number of nitrogens with one attached hydrogen (secondary N) is 2. The van der Waals surface area contributed by atoms with Crippen molar-refractivity contribution < 1.29 is 13.9 Å². The molecule has 2 aromatic carbocycles. The Morgan fingerprint density at radius 2 is 1.41 bits per heavy atom. The fourth-order valence-electron chi connectivity index (χ4n) is 7.25. The van der Waals surface area contributed by atoms with Crippen molar-refractivity contribution in [1.29, 1.82) is 5.26 Å². The van der Waals surface area contributed by atoms with Crippen LogP contribution in [0, 0.1) is 24.1 Å². The van der Waals surface area contributed by atoms with E-state index in [0.717, 1.165) is 59.4 Å². The zero-order chi connectivity index (χ0) is 38.8. The van der Waals surface area contributed by atoms with Gasteiger partial charge in [-0.2, -0.15) is 15.5 Å². The highest BCUT2D eigenvalue weighted by Gasteiger charge is 2.23. The molecule has 0 unspecified atom stereocenters. The lowest BCUT2D eigenvalue weighted by Gasteiger charge is -2.29. The van der Waals surface area contributed by atoms with Gasteiger partial charge in [0.25, 0.3) is 0 Å². The molecule has 0 spiro atoms. The van der Waals surface area contributed by atoms with Crippen molar-refractivity contribution in [3.63, 3.8) is 0 Å². The smallest absolute Gasteiger partial charge is 0.158 e. The summed E-state index contributed by atoms with van der Waals surface area (Å²) in [4.78, 5) is 14.0. The fraction of sp³-hybridized carbons (Fsp3) is 0.341. The number of anilines is 4. The van der Waals surface area contributed by atoms with E-state index in [1.165, 1.54) is 0 Å². The molecule has 0 aliphatic carbocycles. The number of hydrogen-bond donors (Lipinski definition) is 2. The molecule has 6 aromatic rings. The molecule has 0 amide bonds. The van der Waals surface area contributed by atoms with E-state index >= 15 is 4.39 Å². The van der Waals surface area contributed by atoms with Gasteiger partial charge in [-0.15, -0.1) is 10.2 Å². The van der Waals surface area contributed by atoms with Crippen LogP contribution in [0.1, 0.15) is 59.6 Å². The Kier molecular flexibility index (Phi) is 10.7. The molecule has 286 valence electrons. The first-order valence-electron chi connectivity index (χ1n) is 18.7. The first-order valence-corrected chi connectivity index (χ1v) is 19.1. The van der Waals surface area contributed by atoms with Crippen LogP contribution in [-0.2, 0) is 15.9 Å². The van der Waals surface area contributed by atoms with Gasteiger partial charge in [0.15, 0.2) is 11.6 Å². The van der Waals surface area contributed by atoms with Crippen molar-refractivity contribution in [1.82, 2.24) is 30.4 Å². The molecule has 15 heteroatoms. The molecule has 0 saturated carbocycles. The van der Waals surface area contributed by atoms with Crippen molar-refractivity contribution in [2.45, 2.75) is 39.3 Å². The van der Waals surface area contributed by atoms with Crippen LogP contribution in [0.15, 0.2) is 60.9 Å². The van der Waals surface area contributed by atoms with Gasteiger partial charge in [0.05, 0.1) is 101 Å². The number of ether oxygens (including phenoxy) is 2. The molecule has 56 heavy (non-hydrogen) atoms. The molecule has 2 atom stereocenters. The minimum absolute atomic E-state index is 0.00514. The Balaban J connectivity index is 1.08. The third-order valence-electron chi connectivity index (χ3n) is 10.4. The maximum absolute atomic E-state index is 16.3. The number of hydrogen-bond acceptors (Lipinski definition) is 13. The zero-order valence-electron chi connectivity index (χ0n) is 31.4. The molecule has 4 aromatic heterocycles. The lowest BCUT2D eigenvalue weighted by atomic mass is 10.0. The van der Waals surface area contributed by atoms with Gasteiger partial charge in [-0.1, -0.05) is 35.9 Å². The Labute approximate surface area is 328 Å². The quantitative estimate of drug-likeness (QED) is 0.148.